The molecule has 0 radical (unpaired) electrons. The largest absolute Gasteiger partial charge is 0.267 e. The first kappa shape index (κ1) is 11.0. The van der Waals surface area contributed by atoms with Crippen molar-refractivity contribution in [2.75, 3.05) is 5.75 Å². The van der Waals surface area contributed by atoms with E-state index in [2.05, 4.69) is 0 Å². The topological polar surface area (TPSA) is 43.4 Å². The quantitative estimate of drug-likeness (QED) is 0.524. The van der Waals surface area contributed by atoms with Crippen molar-refractivity contribution >= 4 is 10.1 Å². The van der Waals surface area contributed by atoms with Gasteiger partial charge in [-0.05, 0) is 19.8 Å². The van der Waals surface area contributed by atoms with Crippen molar-refractivity contribution in [2.45, 2.75) is 51.6 Å². The summed E-state index contributed by atoms with van der Waals surface area (Å²) in [4.78, 5) is 0. The SMILES string of the molecule is CCS(=O)(=O)OC1CCCCCC1. The molecule has 13 heavy (non-hydrogen) atoms. The lowest BCUT2D eigenvalue weighted by Crippen LogP contribution is -2.19. The van der Waals surface area contributed by atoms with Crippen LogP contribution in [0.1, 0.15) is 45.4 Å². The average molecular weight is 206 g/mol. The Morgan fingerprint density at radius 3 is 2.15 bits per heavy atom. The van der Waals surface area contributed by atoms with Crippen molar-refractivity contribution in [1.82, 2.24) is 0 Å². The van der Waals surface area contributed by atoms with Crippen molar-refractivity contribution in [1.29, 1.82) is 0 Å². The molecule has 1 saturated carbocycles. The van der Waals surface area contributed by atoms with E-state index in [1.807, 2.05) is 0 Å². The lowest BCUT2D eigenvalue weighted by Gasteiger charge is -2.13. The molecular weight excluding hydrogens is 188 g/mol. The Balaban J connectivity index is 2.42. The van der Waals surface area contributed by atoms with Crippen LogP contribution in [-0.2, 0) is 14.3 Å². The van der Waals surface area contributed by atoms with Crippen molar-refractivity contribution in [3.8, 4) is 0 Å². The van der Waals surface area contributed by atoms with Gasteiger partial charge < -0.3 is 0 Å². The van der Waals surface area contributed by atoms with Gasteiger partial charge in [-0.3, -0.25) is 4.18 Å². The highest BCUT2D eigenvalue weighted by Crippen LogP contribution is 2.21. The first-order valence-corrected chi connectivity index (χ1v) is 6.63. The Bertz CT molecular complexity index is 225. The summed E-state index contributed by atoms with van der Waals surface area (Å²) in [5.74, 6) is 0.0868. The van der Waals surface area contributed by atoms with Crippen LogP contribution in [0.3, 0.4) is 0 Å². The molecule has 0 aromatic rings. The Kier molecular flexibility index (Phi) is 4.19. The molecule has 1 aliphatic carbocycles. The van der Waals surface area contributed by atoms with Crippen molar-refractivity contribution in [3.05, 3.63) is 0 Å². The highest BCUT2D eigenvalue weighted by Gasteiger charge is 2.18. The van der Waals surface area contributed by atoms with Gasteiger partial charge in [-0.1, -0.05) is 25.7 Å². The lowest BCUT2D eigenvalue weighted by molar-refractivity contribution is 0.192. The Morgan fingerprint density at radius 2 is 1.69 bits per heavy atom. The van der Waals surface area contributed by atoms with Crippen LogP contribution in [0.2, 0.25) is 0 Å². The summed E-state index contributed by atoms with van der Waals surface area (Å²) in [6.45, 7) is 1.62. The molecule has 0 atom stereocenters. The standard InChI is InChI=1S/C9H18O3S/c1-2-13(10,11)12-9-7-5-3-4-6-8-9/h9H,2-8H2,1H3. The smallest absolute Gasteiger partial charge is 0.267 e. The molecule has 0 spiro atoms. The van der Waals surface area contributed by atoms with Crippen LogP contribution >= 0.6 is 0 Å². The Labute approximate surface area is 80.6 Å². The van der Waals surface area contributed by atoms with Gasteiger partial charge in [0.25, 0.3) is 10.1 Å². The molecule has 78 valence electrons. The molecule has 0 aliphatic heterocycles. The summed E-state index contributed by atoms with van der Waals surface area (Å²) >= 11 is 0. The van der Waals surface area contributed by atoms with E-state index in [0.717, 1.165) is 25.7 Å². The summed E-state index contributed by atoms with van der Waals surface area (Å²) in [6.07, 6.45) is 6.39. The summed E-state index contributed by atoms with van der Waals surface area (Å²) in [5.41, 5.74) is 0. The average Bonchev–Trinajstić information content (AvgIpc) is 2.32. The molecule has 1 rings (SSSR count). The van der Waals surface area contributed by atoms with E-state index in [9.17, 15) is 8.42 Å². The van der Waals surface area contributed by atoms with Gasteiger partial charge in [-0.15, -0.1) is 0 Å². The van der Waals surface area contributed by atoms with Gasteiger partial charge in [0.1, 0.15) is 0 Å². The van der Waals surface area contributed by atoms with E-state index < -0.39 is 10.1 Å². The second kappa shape index (κ2) is 4.96. The fourth-order valence-electron chi connectivity index (χ4n) is 1.61. The third-order valence-corrected chi connectivity index (χ3v) is 3.71. The minimum Gasteiger partial charge on any atom is -0.267 e. The van der Waals surface area contributed by atoms with E-state index in [1.54, 1.807) is 6.92 Å². The maximum absolute atomic E-state index is 11.2. The first-order valence-electron chi connectivity index (χ1n) is 5.05. The normalized spacial score (nSPS) is 21.3. The molecule has 0 N–H and O–H groups in total. The molecule has 0 saturated heterocycles. The number of hydrogen-bond donors (Lipinski definition) is 0. The van der Waals surface area contributed by atoms with Crippen LogP contribution in [0.15, 0.2) is 0 Å². The molecule has 3 nitrogen and oxygen atoms in total. The summed E-state index contributed by atoms with van der Waals surface area (Å²) in [7, 11) is -3.24. The third-order valence-electron chi connectivity index (χ3n) is 2.44. The molecule has 4 heteroatoms. The van der Waals surface area contributed by atoms with Crippen LogP contribution in [0.5, 0.6) is 0 Å². The van der Waals surface area contributed by atoms with Gasteiger partial charge in [0, 0.05) is 0 Å². The molecular formula is C9H18O3S. The fourth-order valence-corrected chi connectivity index (χ4v) is 2.36. The minimum absolute atomic E-state index is 0.0487. The molecule has 0 aromatic heterocycles. The zero-order valence-corrected chi connectivity index (χ0v) is 8.98. The fraction of sp³-hybridized carbons (Fsp3) is 1.00. The van der Waals surface area contributed by atoms with E-state index in [-0.39, 0.29) is 11.9 Å². The van der Waals surface area contributed by atoms with Crippen LogP contribution in [0.25, 0.3) is 0 Å². The first-order chi connectivity index (χ1) is 6.14. The van der Waals surface area contributed by atoms with Crippen molar-refractivity contribution in [2.24, 2.45) is 0 Å². The Morgan fingerprint density at radius 1 is 1.15 bits per heavy atom. The van der Waals surface area contributed by atoms with Gasteiger partial charge in [0.05, 0.1) is 11.9 Å². The molecule has 0 bridgehead atoms. The lowest BCUT2D eigenvalue weighted by atomic mass is 10.2. The van der Waals surface area contributed by atoms with Crippen molar-refractivity contribution in [3.63, 3.8) is 0 Å². The molecule has 0 amide bonds. The van der Waals surface area contributed by atoms with Crippen LogP contribution in [0.4, 0.5) is 0 Å². The maximum atomic E-state index is 11.2. The zero-order chi connectivity index (χ0) is 9.73. The number of hydrogen-bond acceptors (Lipinski definition) is 3. The van der Waals surface area contributed by atoms with E-state index in [4.69, 9.17) is 4.18 Å². The predicted octanol–water partition coefficient (Wildman–Crippen LogP) is 2.08. The monoisotopic (exact) mass is 206 g/mol. The van der Waals surface area contributed by atoms with Crippen LogP contribution in [0, 0.1) is 0 Å². The molecule has 0 heterocycles. The molecule has 1 aliphatic rings. The second-order valence-corrected chi connectivity index (χ2v) is 5.44. The van der Waals surface area contributed by atoms with Gasteiger partial charge in [0.2, 0.25) is 0 Å². The summed E-state index contributed by atoms with van der Waals surface area (Å²) in [6, 6.07) is 0. The van der Waals surface area contributed by atoms with Gasteiger partial charge in [-0.25, -0.2) is 0 Å². The third kappa shape index (κ3) is 4.09. The van der Waals surface area contributed by atoms with E-state index >= 15 is 0 Å². The van der Waals surface area contributed by atoms with Gasteiger partial charge in [0.15, 0.2) is 0 Å². The van der Waals surface area contributed by atoms with Crippen LogP contribution in [-0.4, -0.2) is 20.3 Å². The predicted molar refractivity (Wildman–Crippen MR) is 52.0 cm³/mol. The maximum Gasteiger partial charge on any atom is 0.267 e. The Hall–Kier alpha value is -0.0900. The number of rotatable bonds is 3. The van der Waals surface area contributed by atoms with Gasteiger partial charge >= 0.3 is 0 Å². The minimum atomic E-state index is -3.24. The summed E-state index contributed by atoms with van der Waals surface area (Å²) in [5, 5.41) is 0. The summed E-state index contributed by atoms with van der Waals surface area (Å²) < 4.78 is 27.4. The van der Waals surface area contributed by atoms with E-state index in [0.29, 0.717) is 0 Å². The highest BCUT2D eigenvalue weighted by atomic mass is 32.2. The second-order valence-electron chi connectivity index (χ2n) is 3.56. The van der Waals surface area contributed by atoms with Crippen molar-refractivity contribution < 1.29 is 12.6 Å². The van der Waals surface area contributed by atoms with Gasteiger partial charge in [-0.2, -0.15) is 8.42 Å². The van der Waals surface area contributed by atoms with E-state index in [1.165, 1.54) is 12.8 Å². The molecule has 0 unspecified atom stereocenters. The zero-order valence-electron chi connectivity index (χ0n) is 8.16. The molecule has 0 aromatic carbocycles. The van der Waals surface area contributed by atoms with Crippen LogP contribution < -0.4 is 0 Å². The highest BCUT2D eigenvalue weighted by molar-refractivity contribution is 7.86. The molecule has 1 fully saturated rings.